The number of anilines is 1. The van der Waals surface area contributed by atoms with E-state index in [4.69, 9.17) is 23.2 Å². The van der Waals surface area contributed by atoms with Crippen LogP contribution in [0.5, 0.6) is 0 Å². The molecule has 1 amide bonds. The molecule has 0 spiro atoms. The summed E-state index contributed by atoms with van der Waals surface area (Å²) in [6, 6.07) is 5.23. The number of likely N-dealkylation sites (tertiary alicyclic amines) is 1. The average molecular weight is 398 g/mol. The minimum Gasteiger partial charge on any atom is -0.302 e. The minimum atomic E-state index is -0.164. The molecule has 2 heterocycles. The summed E-state index contributed by atoms with van der Waals surface area (Å²) in [5.74, 6) is 0.654. The van der Waals surface area contributed by atoms with Gasteiger partial charge in [0.15, 0.2) is 5.13 Å². The van der Waals surface area contributed by atoms with E-state index in [2.05, 4.69) is 22.1 Å². The molecule has 1 fully saturated rings. The smallest absolute Gasteiger partial charge is 0.230 e. The van der Waals surface area contributed by atoms with Crippen LogP contribution in [0.3, 0.4) is 0 Å². The lowest BCUT2D eigenvalue weighted by molar-refractivity contribution is -0.115. The summed E-state index contributed by atoms with van der Waals surface area (Å²) >= 11 is 13.7. The molecule has 1 aliphatic heterocycles. The molecule has 0 atom stereocenters. The first-order valence-electron chi connectivity index (χ1n) is 8.41. The Balaban J connectivity index is 1.55. The second-order valence-corrected chi connectivity index (χ2v) is 8.20. The molecule has 1 aliphatic rings. The molecule has 0 radical (unpaired) electrons. The van der Waals surface area contributed by atoms with Gasteiger partial charge in [-0.25, -0.2) is 4.98 Å². The highest BCUT2D eigenvalue weighted by Crippen LogP contribution is 2.26. The van der Waals surface area contributed by atoms with Crippen molar-refractivity contribution in [3.05, 3.63) is 44.9 Å². The van der Waals surface area contributed by atoms with Crippen LogP contribution < -0.4 is 5.32 Å². The van der Waals surface area contributed by atoms with E-state index in [1.165, 1.54) is 24.2 Å². The van der Waals surface area contributed by atoms with Crippen molar-refractivity contribution < 1.29 is 4.79 Å². The van der Waals surface area contributed by atoms with Crippen LogP contribution >= 0.6 is 34.5 Å². The van der Waals surface area contributed by atoms with Crippen LogP contribution in [0.4, 0.5) is 5.13 Å². The minimum absolute atomic E-state index is 0.136. The molecule has 0 bridgehead atoms. The number of benzene rings is 1. The molecule has 25 heavy (non-hydrogen) atoms. The molecule has 1 aromatic heterocycles. The van der Waals surface area contributed by atoms with Crippen molar-refractivity contribution in [2.45, 2.75) is 32.7 Å². The predicted octanol–water partition coefficient (Wildman–Crippen LogP) is 4.86. The third-order valence-electron chi connectivity index (χ3n) is 4.46. The number of carbonyl (C=O) groups excluding carboxylic acids is 1. The molecular weight excluding hydrogens is 377 g/mol. The van der Waals surface area contributed by atoms with E-state index in [9.17, 15) is 4.79 Å². The maximum Gasteiger partial charge on any atom is 0.230 e. The van der Waals surface area contributed by atoms with E-state index < -0.39 is 0 Å². The van der Waals surface area contributed by atoms with E-state index in [0.29, 0.717) is 20.7 Å². The van der Waals surface area contributed by atoms with Gasteiger partial charge in [0.05, 0.1) is 12.1 Å². The van der Waals surface area contributed by atoms with Gasteiger partial charge in [0, 0.05) is 22.0 Å². The summed E-state index contributed by atoms with van der Waals surface area (Å²) in [7, 11) is 0. The van der Waals surface area contributed by atoms with Crippen molar-refractivity contribution >= 4 is 45.6 Å². The Kier molecular flexibility index (Phi) is 6.34. The summed E-state index contributed by atoms with van der Waals surface area (Å²) in [6.07, 6.45) is 2.62. The number of aromatic nitrogens is 1. The first kappa shape index (κ1) is 18.6. The van der Waals surface area contributed by atoms with E-state index >= 15 is 0 Å². The molecule has 3 rings (SSSR count). The molecule has 1 saturated heterocycles. The highest BCUT2D eigenvalue weighted by atomic mass is 35.5. The second kappa shape index (κ2) is 8.49. The van der Waals surface area contributed by atoms with E-state index in [0.717, 1.165) is 31.2 Å². The zero-order valence-corrected chi connectivity index (χ0v) is 16.4. The average Bonchev–Trinajstić information content (AvgIpc) is 3.00. The summed E-state index contributed by atoms with van der Waals surface area (Å²) < 4.78 is 0. The number of carbonyl (C=O) groups is 1. The number of piperidine rings is 1. The van der Waals surface area contributed by atoms with Gasteiger partial charge in [-0.2, -0.15) is 0 Å². The van der Waals surface area contributed by atoms with Crippen LogP contribution in [0.15, 0.2) is 23.6 Å². The third-order valence-corrected chi connectivity index (χ3v) is 5.97. The van der Waals surface area contributed by atoms with Crippen LogP contribution in [-0.4, -0.2) is 28.9 Å². The Morgan fingerprint density at radius 2 is 2.00 bits per heavy atom. The van der Waals surface area contributed by atoms with Crippen molar-refractivity contribution in [2.75, 3.05) is 18.4 Å². The normalized spacial score (nSPS) is 16.1. The van der Waals surface area contributed by atoms with Crippen molar-refractivity contribution in [3.8, 4) is 0 Å². The molecule has 1 N–H and O–H groups in total. The first-order chi connectivity index (χ1) is 12.0. The molecule has 134 valence electrons. The second-order valence-electron chi connectivity index (χ2n) is 6.53. The lowest BCUT2D eigenvalue weighted by atomic mass is 9.99. The van der Waals surface area contributed by atoms with Gasteiger partial charge in [0.25, 0.3) is 0 Å². The van der Waals surface area contributed by atoms with E-state index in [1.54, 1.807) is 18.2 Å². The quantitative estimate of drug-likeness (QED) is 0.782. The van der Waals surface area contributed by atoms with Crippen molar-refractivity contribution in [3.63, 3.8) is 0 Å². The molecule has 2 aromatic rings. The largest absolute Gasteiger partial charge is 0.302 e. The Hall–Kier alpha value is -1.14. The molecule has 0 aliphatic carbocycles. The summed E-state index contributed by atoms with van der Waals surface area (Å²) in [5.41, 5.74) is 1.65. The fourth-order valence-corrected chi connectivity index (χ4v) is 4.16. The number of hydrogen-bond donors (Lipinski definition) is 1. The number of nitrogens with one attached hydrogen (secondary N) is 1. The highest BCUT2D eigenvalue weighted by Gasteiger charge is 2.17. The van der Waals surface area contributed by atoms with Crippen LogP contribution in [0.25, 0.3) is 0 Å². The zero-order chi connectivity index (χ0) is 17.8. The molecule has 4 nitrogen and oxygen atoms in total. The third kappa shape index (κ3) is 5.17. The van der Waals surface area contributed by atoms with Gasteiger partial charge in [0.2, 0.25) is 5.91 Å². The monoisotopic (exact) mass is 397 g/mol. The van der Waals surface area contributed by atoms with Crippen LogP contribution in [-0.2, 0) is 17.8 Å². The molecule has 7 heteroatoms. The van der Waals surface area contributed by atoms with Gasteiger partial charge in [-0.15, -0.1) is 11.3 Å². The predicted molar refractivity (Wildman–Crippen MR) is 105 cm³/mol. The van der Waals surface area contributed by atoms with E-state index in [1.807, 2.05) is 5.38 Å². The standard InChI is InChI=1S/C18H21Cl2N3OS/c1-12-5-7-23(8-6-12)10-13-11-25-18(21-13)22-17(24)9-14-15(19)3-2-4-16(14)20/h2-4,11-12H,5-10H2,1H3,(H,21,22,24). The number of rotatable bonds is 5. The Labute approximate surface area is 162 Å². The van der Waals surface area contributed by atoms with Gasteiger partial charge in [-0.05, 0) is 49.5 Å². The number of halogens is 2. The fourth-order valence-electron chi connectivity index (χ4n) is 2.91. The first-order valence-corrected chi connectivity index (χ1v) is 10.0. The van der Waals surface area contributed by atoms with Gasteiger partial charge in [-0.3, -0.25) is 9.69 Å². The molecule has 0 saturated carbocycles. The Bertz CT molecular complexity index is 721. The summed E-state index contributed by atoms with van der Waals surface area (Å²) in [6.45, 7) is 5.38. The summed E-state index contributed by atoms with van der Waals surface area (Å²) in [5, 5.41) is 6.47. The van der Waals surface area contributed by atoms with Crippen LogP contribution in [0.1, 0.15) is 31.0 Å². The summed E-state index contributed by atoms with van der Waals surface area (Å²) in [4.78, 5) is 19.2. The maximum absolute atomic E-state index is 12.2. The molecule has 1 aromatic carbocycles. The van der Waals surface area contributed by atoms with Crippen molar-refractivity contribution in [2.24, 2.45) is 5.92 Å². The topological polar surface area (TPSA) is 45.2 Å². The fraction of sp³-hybridized carbons (Fsp3) is 0.444. The van der Waals surface area contributed by atoms with Gasteiger partial charge in [-0.1, -0.05) is 36.2 Å². The number of thiazole rings is 1. The van der Waals surface area contributed by atoms with Crippen LogP contribution in [0.2, 0.25) is 10.0 Å². The molecular formula is C18H21Cl2N3OS. The SMILES string of the molecule is CC1CCN(Cc2csc(NC(=O)Cc3c(Cl)cccc3Cl)n2)CC1. The van der Waals surface area contributed by atoms with E-state index in [-0.39, 0.29) is 12.3 Å². The molecule has 0 unspecified atom stereocenters. The van der Waals surface area contributed by atoms with Crippen molar-refractivity contribution in [1.82, 2.24) is 9.88 Å². The van der Waals surface area contributed by atoms with Gasteiger partial charge < -0.3 is 5.32 Å². The maximum atomic E-state index is 12.2. The Morgan fingerprint density at radius 3 is 2.68 bits per heavy atom. The van der Waals surface area contributed by atoms with Crippen molar-refractivity contribution in [1.29, 1.82) is 0 Å². The van der Waals surface area contributed by atoms with Crippen LogP contribution in [0, 0.1) is 5.92 Å². The van der Waals surface area contributed by atoms with Gasteiger partial charge in [0.1, 0.15) is 0 Å². The lowest BCUT2D eigenvalue weighted by Gasteiger charge is -2.29. The zero-order valence-electron chi connectivity index (χ0n) is 14.1. The lowest BCUT2D eigenvalue weighted by Crippen LogP contribution is -2.32. The van der Waals surface area contributed by atoms with Gasteiger partial charge >= 0.3 is 0 Å². The Morgan fingerprint density at radius 1 is 1.32 bits per heavy atom. The number of nitrogens with zero attached hydrogens (tertiary/aromatic N) is 2. The number of hydrogen-bond acceptors (Lipinski definition) is 4. The number of amides is 1. The highest BCUT2D eigenvalue weighted by molar-refractivity contribution is 7.13.